The van der Waals surface area contributed by atoms with Crippen molar-refractivity contribution in [1.29, 1.82) is 5.26 Å². The number of nitrogens with one attached hydrogen (secondary N) is 8. The second-order valence-corrected chi connectivity index (χ2v) is 24.7. The van der Waals surface area contributed by atoms with Gasteiger partial charge in [0.1, 0.15) is 48.6 Å². The molecular formula is C62H84ClN13O15. The van der Waals surface area contributed by atoms with Crippen molar-refractivity contribution < 1.29 is 72.6 Å². The zero-order valence-electron chi connectivity index (χ0n) is 51.3. The Hall–Kier alpha value is -7.75. The maximum Gasteiger partial charge on any atom is 0.318 e. The van der Waals surface area contributed by atoms with Crippen LogP contribution in [0.1, 0.15) is 107 Å². The average molecular weight is 1290 g/mol. The number of methoxy groups -OCH3 is 1. The van der Waals surface area contributed by atoms with Gasteiger partial charge in [-0.25, -0.2) is 14.7 Å². The van der Waals surface area contributed by atoms with Crippen LogP contribution in [0.15, 0.2) is 55.0 Å². The second kappa shape index (κ2) is 32.0. The number of amides is 9. The Balaban J connectivity index is 0.896. The van der Waals surface area contributed by atoms with Gasteiger partial charge in [0, 0.05) is 62.1 Å². The Morgan fingerprint density at radius 1 is 0.791 bits per heavy atom. The first kappa shape index (κ1) is 69.1. The van der Waals surface area contributed by atoms with Crippen molar-refractivity contribution in [3.63, 3.8) is 0 Å². The lowest BCUT2D eigenvalue weighted by atomic mass is 9.47. The number of anilines is 1. The Morgan fingerprint density at radius 2 is 1.38 bits per heavy atom. The summed E-state index contributed by atoms with van der Waals surface area (Å²) in [7, 11) is 1.59. The summed E-state index contributed by atoms with van der Waals surface area (Å²) in [5.74, 6) is -5.58. The molecule has 1 unspecified atom stereocenters. The molecule has 4 bridgehead atoms. The molecule has 2 aliphatic heterocycles. The zero-order chi connectivity index (χ0) is 65.4. The van der Waals surface area contributed by atoms with Gasteiger partial charge in [-0.05, 0) is 124 Å². The van der Waals surface area contributed by atoms with Crippen LogP contribution < -0.4 is 53.4 Å². The number of allylic oxidation sites excluding steroid dienone is 1. The largest absolute Gasteiger partial charge is 0.487 e. The number of nitrogens with two attached hydrogens (primary N) is 2. The monoisotopic (exact) mass is 1290 g/mol. The normalized spacial score (nSPS) is 23.4. The number of benzene rings is 2. The molecule has 14 N–H and O–H groups in total. The standard InChI is InChI=1S/C62H84ClN13O15/c1-35(2)23-47(72-55(81)45(8-4-5-17-64)70-58(84)49(31-77)74-59(85)50(32-78)73-57(83)48(29-43-30-67-34-68-43)75-60(86)76-19-21-88-22-20-76)56(82)71-46(15-16-51(66)79)54(80)69-42-12-9-36(10-13-42)33-89-53-39(7-6-18-65)11-14-44(52(53)63)62(87-3)61(90-91-62)40-25-37-24-38(27-40)28-41(61)26-37/h6-7,9-14,30,34-35,37-38,40-41,45-50,77-78H,4-5,8,15-17,19-29,31-33,64H2,1-3H3,(H2,66,79)(H,67,68)(H,69,80)(H,70,84)(H,71,82)(H,72,81)(H,73,83)(H,74,85)(H,75,86)/b7-6+/t37?,38?,40?,41?,45-,46-,47-,48-,49-,50-,61?,62?/m0/s1. The number of nitrogens with zero attached hydrogens (tertiary/aromatic N) is 3. The van der Waals surface area contributed by atoms with Crippen LogP contribution in [0.5, 0.6) is 5.75 Å². The van der Waals surface area contributed by atoms with Crippen LogP contribution in [0.4, 0.5) is 10.5 Å². The molecular weight excluding hydrogens is 1200 g/mol. The van der Waals surface area contributed by atoms with E-state index in [2.05, 4.69) is 47.2 Å². The second-order valence-electron chi connectivity index (χ2n) is 24.3. The van der Waals surface area contributed by atoms with Crippen molar-refractivity contribution >= 4 is 70.7 Å². The number of aromatic amines is 1. The van der Waals surface area contributed by atoms with E-state index in [1.807, 2.05) is 12.1 Å². The third kappa shape index (κ3) is 16.7. The van der Waals surface area contributed by atoms with E-state index in [-0.39, 0.29) is 86.9 Å². The summed E-state index contributed by atoms with van der Waals surface area (Å²) >= 11 is 7.29. The number of rotatable bonds is 32. The number of halogens is 1. The molecule has 2 aromatic carbocycles. The highest BCUT2D eigenvalue weighted by molar-refractivity contribution is 6.33. The van der Waals surface area contributed by atoms with Crippen LogP contribution in [0.25, 0.3) is 6.08 Å². The summed E-state index contributed by atoms with van der Waals surface area (Å²) in [4.78, 5) is 129. The molecule has 9 amide bonds. The van der Waals surface area contributed by atoms with Crippen LogP contribution in [0.2, 0.25) is 5.02 Å². The first-order valence-corrected chi connectivity index (χ1v) is 31.3. The molecule has 2 saturated heterocycles. The van der Waals surface area contributed by atoms with Gasteiger partial charge in [-0.2, -0.15) is 10.1 Å². The van der Waals surface area contributed by atoms with Crippen molar-refractivity contribution in [2.45, 2.75) is 145 Å². The number of morpholine rings is 1. The highest BCUT2D eigenvalue weighted by atomic mass is 35.5. The maximum atomic E-state index is 14.3. The summed E-state index contributed by atoms with van der Waals surface area (Å²) in [5, 5.41) is 48.3. The molecule has 7 atom stereocenters. The van der Waals surface area contributed by atoms with Crippen molar-refractivity contribution in [1.82, 2.24) is 46.8 Å². The smallest absolute Gasteiger partial charge is 0.318 e. The summed E-state index contributed by atoms with van der Waals surface area (Å²) in [6.45, 7) is 2.98. The summed E-state index contributed by atoms with van der Waals surface area (Å²) < 4.78 is 18.0. The Kier molecular flexibility index (Phi) is 24.3. The first-order chi connectivity index (χ1) is 43.8. The number of aliphatic hydroxyl groups excluding tert-OH is 2. The molecule has 29 heteroatoms. The number of primary amides is 1. The molecule has 3 heterocycles. The molecule has 3 aromatic rings. The number of imidazole rings is 1. The van der Waals surface area contributed by atoms with E-state index in [0.29, 0.717) is 66.0 Å². The number of carbonyl (C=O) groups is 8. The van der Waals surface area contributed by atoms with Gasteiger partial charge in [0.2, 0.25) is 41.4 Å². The van der Waals surface area contributed by atoms with E-state index in [4.69, 9.17) is 47.1 Å². The molecule has 4 aliphatic carbocycles. The van der Waals surface area contributed by atoms with E-state index in [0.717, 1.165) is 25.7 Å². The number of unbranched alkanes of at least 4 members (excludes halogenated alkanes) is 1. The number of carbonyl (C=O) groups excluding carboxylic acids is 8. The number of nitriles is 1. The summed E-state index contributed by atoms with van der Waals surface area (Å²) in [6, 6.07) is 2.99. The van der Waals surface area contributed by atoms with Gasteiger partial charge in [-0.3, -0.25) is 33.6 Å². The molecule has 1 aromatic heterocycles. The predicted molar refractivity (Wildman–Crippen MR) is 328 cm³/mol. The van der Waals surface area contributed by atoms with E-state index in [1.165, 1.54) is 29.9 Å². The lowest BCUT2D eigenvalue weighted by Gasteiger charge is -2.68. The predicted octanol–water partition coefficient (Wildman–Crippen LogP) is 1.58. The molecule has 6 fully saturated rings. The van der Waals surface area contributed by atoms with Gasteiger partial charge in [-0.15, -0.1) is 0 Å². The number of aliphatic hydroxyl groups is 2. The molecule has 494 valence electrons. The van der Waals surface area contributed by atoms with Crippen molar-refractivity contribution in [2.75, 3.05) is 58.5 Å². The lowest BCUT2D eigenvalue weighted by Crippen LogP contribution is -2.76. The number of hydrogen-bond acceptors (Lipinski definition) is 18. The van der Waals surface area contributed by atoms with Gasteiger partial charge >= 0.3 is 6.03 Å². The molecule has 4 saturated carbocycles. The summed E-state index contributed by atoms with van der Waals surface area (Å²) in [6.07, 6.45) is 11.3. The minimum atomic E-state index is -1.73. The Morgan fingerprint density at radius 3 is 1.93 bits per heavy atom. The van der Waals surface area contributed by atoms with E-state index in [1.54, 1.807) is 57.4 Å². The molecule has 1 spiro atoms. The van der Waals surface area contributed by atoms with Crippen molar-refractivity contribution in [3.05, 3.63) is 82.4 Å². The highest BCUT2D eigenvalue weighted by Gasteiger charge is 2.77. The average Bonchev–Trinajstić information content (AvgIpc) is 0.783. The minimum absolute atomic E-state index is 0.000158. The number of hydrogen-bond donors (Lipinski definition) is 12. The van der Waals surface area contributed by atoms with E-state index < -0.39 is 108 Å². The van der Waals surface area contributed by atoms with Crippen LogP contribution >= 0.6 is 11.6 Å². The molecule has 91 heavy (non-hydrogen) atoms. The van der Waals surface area contributed by atoms with Crippen LogP contribution in [-0.2, 0) is 71.6 Å². The number of ether oxygens (including phenoxy) is 3. The van der Waals surface area contributed by atoms with E-state index >= 15 is 0 Å². The van der Waals surface area contributed by atoms with Gasteiger partial charge < -0.3 is 83.0 Å². The quantitative estimate of drug-likeness (QED) is 0.0240. The fraction of sp³-hybridized carbons (Fsp3) is 0.581. The highest BCUT2D eigenvalue weighted by Crippen LogP contribution is 2.70. The topological polar surface area (TPSA) is 415 Å². The Bertz CT molecular complexity index is 3090. The Labute approximate surface area is 532 Å². The molecule has 0 radical (unpaired) electrons. The van der Waals surface area contributed by atoms with Crippen molar-refractivity contribution in [2.24, 2.45) is 41.1 Å². The van der Waals surface area contributed by atoms with Crippen LogP contribution in [0.3, 0.4) is 0 Å². The SMILES string of the molecule is COC1(c2ccc(/C=C/C#N)c(OCc3ccc(NC(=O)[C@H](CCC(N)=O)NC(=O)[C@H](CC(C)C)NC(=O)[C@H](CCCCN)NC(=O)[C@H](CO)NC(=O)[C@H](CO)NC(=O)[C@H](Cc4c[nH]cn4)NC(=O)N4CCOCC4)cc3)c2Cl)OOC12C1CC3CC(C1)CC2C3. The van der Waals surface area contributed by atoms with Gasteiger partial charge in [0.25, 0.3) is 5.79 Å². The number of urea groups is 1. The summed E-state index contributed by atoms with van der Waals surface area (Å²) in [5.41, 5.74) is 13.0. The fourth-order valence-corrected chi connectivity index (χ4v) is 13.6. The van der Waals surface area contributed by atoms with Gasteiger partial charge in [0.05, 0.1) is 49.5 Å². The van der Waals surface area contributed by atoms with Crippen LogP contribution in [-0.4, -0.2) is 167 Å². The van der Waals surface area contributed by atoms with E-state index in [9.17, 15) is 53.8 Å². The first-order valence-electron chi connectivity index (χ1n) is 30.9. The van der Waals surface area contributed by atoms with Crippen molar-refractivity contribution in [3.8, 4) is 11.8 Å². The molecule has 9 rings (SSSR count). The maximum absolute atomic E-state index is 14.3. The van der Waals surface area contributed by atoms with Gasteiger partial charge in [-0.1, -0.05) is 49.7 Å². The minimum Gasteiger partial charge on any atom is -0.487 e. The van der Waals surface area contributed by atoms with Gasteiger partial charge in [0.15, 0.2) is 5.60 Å². The zero-order valence-corrected chi connectivity index (χ0v) is 52.1. The molecule has 6 aliphatic rings. The third-order valence-corrected chi connectivity index (χ3v) is 18.0. The lowest BCUT2D eigenvalue weighted by molar-refractivity contribution is -0.645. The number of H-pyrrole nitrogens is 1. The molecule has 28 nitrogen and oxygen atoms in total. The fourth-order valence-electron chi connectivity index (χ4n) is 13.2. The number of aromatic nitrogens is 2. The third-order valence-electron chi connectivity index (χ3n) is 17.6. The van der Waals surface area contributed by atoms with Crippen LogP contribution in [0, 0.1) is 40.9 Å².